The lowest BCUT2D eigenvalue weighted by molar-refractivity contribution is -0.921. The van der Waals surface area contributed by atoms with Crippen LogP contribution >= 0.6 is 0 Å². The topological polar surface area (TPSA) is 55.9 Å². The largest absolute Gasteiger partial charge is 0.494 e. The van der Waals surface area contributed by atoms with Crippen LogP contribution in [0.2, 0.25) is 0 Å². The van der Waals surface area contributed by atoms with E-state index in [-0.39, 0.29) is 5.91 Å². The van der Waals surface area contributed by atoms with E-state index in [1.165, 1.54) is 37.0 Å². The number of ether oxygens (including phenoxy) is 1. The van der Waals surface area contributed by atoms with Gasteiger partial charge in [-0.05, 0) is 63.8 Å². The minimum atomic E-state index is -0.213. The zero-order valence-electron chi connectivity index (χ0n) is 18.8. The number of aryl methyl sites for hydroxylation is 1. The van der Waals surface area contributed by atoms with Crippen molar-refractivity contribution < 1.29 is 18.8 Å². The van der Waals surface area contributed by atoms with Crippen LogP contribution in [0, 0.1) is 6.92 Å². The molecule has 1 aromatic heterocycles. The Morgan fingerprint density at radius 2 is 1.94 bits per heavy atom. The highest BCUT2D eigenvalue weighted by Gasteiger charge is 2.23. The van der Waals surface area contributed by atoms with Crippen LogP contribution in [-0.4, -0.2) is 25.6 Å². The normalized spacial score (nSPS) is 15.7. The van der Waals surface area contributed by atoms with E-state index >= 15 is 0 Å². The Kier molecular flexibility index (Phi) is 6.62. The van der Waals surface area contributed by atoms with E-state index < -0.39 is 0 Å². The number of nitrogens with one attached hydrogen (secondary N) is 2. The van der Waals surface area contributed by atoms with Gasteiger partial charge in [0, 0.05) is 22.2 Å². The molecule has 0 bridgehead atoms. The van der Waals surface area contributed by atoms with Crippen LogP contribution in [0.5, 0.6) is 5.75 Å². The van der Waals surface area contributed by atoms with Crippen molar-refractivity contribution in [3.63, 3.8) is 0 Å². The SMILES string of the molecule is CCOc1ccc2oc(C(=O)Nc3ccccc3C[NH+](C)C3CCCCC3)c(C)c2c1. The quantitative estimate of drug-likeness (QED) is 0.579. The number of para-hydroxylation sites is 1. The molecule has 164 valence electrons. The first-order valence-electron chi connectivity index (χ1n) is 11.4. The van der Waals surface area contributed by atoms with Gasteiger partial charge in [-0.2, -0.15) is 0 Å². The smallest absolute Gasteiger partial charge is 0.291 e. The second-order valence-electron chi connectivity index (χ2n) is 8.62. The molecule has 2 N–H and O–H groups in total. The van der Waals surface area contributed by atoms with Crippen LogP contribution in [0.1, 0.15) is 60.7 Å². The molecule has 31 heavy (non-hydrogen) atoms. The Hall–Kier alpha value is -2.79. The molecular formula is C26H33N2O3+. The van der Waals surface area contributed by atoms with Crippen molar-refractivity contribution in [3.05, 3.63) is 59.4 Å². The summed E-state index contributed by atoms with van der Waals surface area (Å²) in [5, 5.41) is 4.01. The first kappa shape index (κ1) is 21.4. The van der Waals surface area contributed by atoms with Crippen molar-refractivity contribution in [1.29, 1.82) is 0 Å². The molecule has 1 aliphatic carbocycles. The van der Waals surface area contributed by atoms with Gasteiger partial charge < -0.3 is 19.4 Å². The highest BCUT2D eigenvalue weighted by Crippen LogP contribution is 2.29. The molecule has 1 atom stereocenters. The van der Waals surface area contributed by atoms with Gasteiger partial charge in [0.2, 0.25) is 0 Å². The molecule has 1 amide bonds. The molecular weight excluding hydrogens is 388 g/mol. The Labute approximate surface area is 184 Å². The zero-order valence-corrected chi connectivity index (χ0v) is 18.8. The van der Waals surface area contributed by atoms with E-state index in [0.717, 1.165) is 34.5 Å². The number of carbonyl (C=O) groups is 1. The van der Waals surface area contributed by atoms with Gasteiger partial charge in [0.15, 0.2) is 5.76 Å². The fraction of sp³-hybridized carbons (Fsp3) is 0.423. The first-order chi connectivity index (χ1) is 15.1. The van der Waals surface area contributed by atoms with E-state index in [0.29, 0.717) is 24.0 Å². The van der Waals surface area contributed by atoms with Crippen molar-refractivity contribution in [3.8, 4) is 5.75 Å². The Bertz CT molecular complexity index is 1050. The van der Waals surface area contributed by atoms with Gasteiger partial charge in [0.05, 0.1) is 19.7 Å². The van der Waals surface area contributed by atoms with Gasteiger partial charge in [-0.3, -0.25) is 4.79 Å². The summed E-state index contributed by atoms with van der Waals surface area (Å²) >= 11 is 0. The predicted octanol–water partition coefficient (Wildman–Crippen LogP) is 4.74. The third kappa shape index (κ3) is 4.77. The van der Waals surface area contributed by atoms with Gasteiger partial charge in [-0.15, -0.1) is 0 Å². The molecule has 0 aliphatic heterocycles. The maximum atomic E-state index is 13.1. The Morgan fingerprint density at radius 1 is 1.16 bits per heavy atom. The highest BCUT2D eigenvalue weighted by atomic mass is 16.5. The molecule has 4 rings (SSSR count). The van der Waals surface area contributed by atoms with Crippen LogP contribution in [0.3, 0.4) is 0 Å². The molecule has 2 aromatic carbocycles. The zero-order chi connectivity index (χ0) is 21.8. The summed E-state index contributed by atoms with van der Waals surface area (Å²) in [7, 11) is 2.27. The summed E-state index contributed by atoms with van der Waals surface area (Å²) in [6, 6.07) is 14.5. The van der Waals surface area contributed by atoms with Crippen molar-refractivity contribution in [1.82, 2.24) is 0 Å². The molecule has 1 fully saturated rings. The summed E-state index contributed by atoms with van der Waals surface area (Å²) in [5.74, 6) is 0.922. The molecule has 1 aliphatic rings. The molecule has 1 heterocycles. The number of furan rings is 1. The minimum absolute atomic E-state index is 0.213. The molecule has 1 saturated carbocycles. The number of fused-ring (bicyclic) bond motifs is 1. The summed E-state index contributed by atoms with van der Waals surface area (Å²) in [6.07, 6.45) is 6.61. The van der Waals surface area contributed by atoms with Gasteiger partial charge in [0.1, 0.15) is 17.9 Å². The first-order valence-corrected chi connectivity index (χ1v) is 11.4. The fourth-order valence-corrected chi connectivity index (χ4v) is 4.69. The fourth-order valence-electron chi connectivity index (χ4n) is 4.69. The van der Waals surface area contributed by atoms with Gasteiger partial charge in [-0.1, -0.05) is 24.6 Å². The lowest BCUT2D eigenvalue weighted by atomic mass is 9.94. The van der Waals surface area contributed by atoms with Gasteiger partial charge in [-0.25, -0.2) is 0 Å². The average molecular weight is 422 g/mol. The molecule has 5 heteroatoms. The molecule has 0 saturated heterocycles. The van der Waals surface area contributed by atoms with Crippen LogP contribution in [0.25, 0.3) is 11.0 Å². The second kappa shape index (κ2) is 9.56. The van der Waals surface area contributed by atoms with E-state index in [4.69, 9.17) is 9.15 Å². The Morgan fingerprint density at radius 3 is 2.71 bits per heavy atom. The average Bonchev–Trinajstić information content (AvgIpc) is 3.12. The summed E-state index contributed by atoms with van der Waals surface area (Å²) < 4.78 is 11.5. The van der Waals surface area contributed by atoms with Crippen LogP contribution in [0.4, 0.5) is 5.69 Å². The summed E-state index contributed by atoms with van der Waals surface area (Å²) in [4.78, 5) is 14.6. The second-order valence-corrected chi connectivity index (χ2v) is 8.62. The van der Waals surface area contributed by atoms with Crippen LogP contribution < -0.4 is 15.0 Å². The maximum Gasteiger partial charge on any atom is 0.291 e. The third-order valence-corrected chi connectivity index (χ3v) is 6.46. The number of amides is 1. The number of anilines is 1. The van der Waals surface area contributed by atoms with Crippen molar-refractivity contribution in [2.75, 3.05) is 19.0 Å². The third-order valence-electron chi connectivity index (χ3n) is 6.46. The standard InChI is InChI=1S/C26H32N2O3/c1-4-30-21-14-15-24-22(16-21)18(2)25(31-24)26(29)27-23-13-9-8-10-19(23)17-28(3)20-11-6-5-7-12-20/h8-10,13-16,20H,4-7,11-12,17H2,1-3H3,(H,27,29)/p+1. The molecule has 5 nitrogen and oxygen atoms in total. The number of rotatable bonds is 7. The molecule has 1 unspecified atom stereocenters. The van der Waals surface area contributed by atoms with Crippen molar-refractivity contribution in [2.24, 2.45) is 0 Å². The molecule has 3 aromatic rings. The number of carbonyl (C=O) groups excluding carboxylic acids is 1. The van der Waals surface area contributed by atoms with Crippen molar-refractivity contribution in [2.45, 2.75) is 58.5 Å². The van der Waals surface area contributed by atoms with Gasteiger partial charge >= 0.3 is 0 Å². The lowest BCUT2D eigenvalue weighted by Gasteiger charge is -2.28. The van der Waals surface area contributed by atoms with Crippen LogP contribution in [0.15, 0.2) is 46.9 Å². The number of benzene rings is 2. The lowest BCUT2D eigenvalue weighted by Crippen LogP contribution is -3.11. The number of hydrogen-bond acceptors (Lipinski definition) is 3. The Balaban J connectivity index is 1.53. The molecule has 0 radical (unpaired) electrons. The highest BCUT2D eigenvalue weighted by molar-refractivity contribution is 6.06. The number of hydrogen-bond donors (Lipinski definition) is 2. The predicted molar refractivity (Wildman–Crippen MR) is 124 cm³/mol. The van der Waals surface area contributed by atoms with E-state index in [9.17, 15) is 4.79 Å². The van der Waals surface area contributed by atoms with E-state index in [1.807, 2.05) is 50.2 Å². The summed E-state index contributed by atoms with van der Waals surface area (Å²) in [6.45, 7) is 5.38. The van der Waals surface area contributed by atoms with Crippen molar-refractivity contribution >= 4 is 22.6 Å². The van der Waals surface area contributed by atoms with Gasteiger partial charge in [0.25, 0.3) is 5.91 Å². The summed E-state index contributed by atoms with van der Waals surface area (Å²) in [5.41, 5.74) is 3.54. The van der Waals surface area contributed by atoms with E-state index in [2.05, 4.69) is 18.4 Å². The monoisotopic (exact) mass is 421 g/mol. The number of quaternary nitrogens is 1. The van der Waals surface area contributed by atoms with E-state index in [1.54, 1.807) is 0 Å². The maximum absolute atomic E-state index is 13.1. The van der Waals surface area contributed by atoms with Crippen LogP contribution in [-0.2, 0) is 6.54 Å². The molecule has 0 spiro atoms. The minimum Gasteiger partial charge on any atom is -0.494 e.